The Kier molecular flexibility index (Phi) is 3.85. The Morgan fingerprint density at radius 3 is 2.60 bits per heavy atom. The van der Waals surface area contributed by atoms with Gasteiger partial charge >= 0.3 is 0 Å². The molecule has 3 N–H and O–H groups in total. The second-order valence-corrected chi connectivity index (χ2v) is 6.59. The molecular weight excluding hydrogens is 248 g/mol. The minimum absolute atomic E-state index is 0.288. The smallest absolute Gasteiger partial charge is 0.0597 e. The molecule has 1 aromatic carbocycles. The molecule has 1 aromatic rings. The van der Waals surface area contributed by atoms with Gasteiger partial charge in [0, 0.05) is 12.0 Å². The number of rotatable bonds is 4. The molecular formula is C17H26N2O. The lowest BCUT2D eigenvalue weighted by Gasteiger charge is -2.36. The van der Waals surface area contributed by atoms with Gasteiger partial charge in [-0.1, -0.05) is 31.2 Å². The summed E-state index contributed by atoms with van der Waals surface area (Å²) in [6.45, 7) is 6.65. The number of benzene rings is 1. The van der Waals surface area contributed by atoms with Crippen LogP contribution in [-0.2, 0) is 11.2 Å². The summed E-state index contributed by atoms with van der Waals surface area (Å²) in [7, 11) is 0. The van der Waals surface area contributed by atoms with Crippen molar-refractivity contribution < 1.29 is 4.74 Å². The highest BCUT2D eigenvalue weighted by Crippen LogP contribution is 2.42. The predicted octanol–water partition coefficient (Wildman–Crippen LogP) is 2.61. The van der Waals surface area contributed by atoms with Gasteiger partial charge in [0.05, 0.1) is 12.2 Å². The van der Waals surface area contributed by atoms with Crippen LogP contribution in [0.25, 0.3) is 0 Å². The number of hydrazine groups is 1. The fraction of sp³-hybridized carbons (Fsp3) is 0.647. The summed E-state index contributed by atoms with van der Waals surface area (Å²) >= 11 is 0. The van der Waals surface area contributed by atoms with Gasteiger partial charge in [-0.25, -0.2) is 0 Å². The van der Waals surface area contributed by atoms with E-state index in [0.717, 1.165) is 6.42 Å². The van der Waals surface area contributed by atoms with Crippen LogP contribution in [0.15, 0.2) is 24.3 Å². The lowest BCUT2D eigenvalue weighted by atomic mass is 9.71. The van der Waals surface area contributed by atoms with Gasteiger partial charge in [-0.05, 0) is 49.7 Å². The van der Waals surface area contributed by atoms with Crippen molar-refractivity contribution in [1.82, 2.24) is 5.43 Å². The quantitative estimate of drug-likeness (QED) is 0.655. The predicted molar refractivity (Wildman–Crippen MR) is 81.3 cm³/mol. The molecule has 3 heteroatoms. The van der Waals surface area contributed by atoms with E-state index >= 15 is 0 Å². The first kappa shape index (κ1) is 14.1. The molecule has 0 saturated carbocycles. The summed E-state index contributed by atoms with van der Waals surface area (Å²) in [4.78, 5) is 0. The van der Waals surface area contributed by atoms with Crippen molar-refractivity contribution in [2.24, 2.45) is 17.7 Å². The van der Waals surface area contributed by atoms with E-state index < -0.39 is 0 Å². The average Bonchev–Trinajstić information content (AvgIpc) is 2.66. The van der Waals surface area contributed by atoms with Crippen LogP contribution in [0.3, 0.4) is 0 Å². The van der Waals surface area contributed by atoms with E-state index in [4.69, 9.17) is 10.6 Å². The standard InChI is InChI=1S/C17H26N2O/c1-10-11(2)20-12(3)17(10)16(19-18)9-14-8-13-6-4-5-7-15(13)14/h4-7,10-12,14,16-17,19H,8-9,18H2,1-3H3. The lowest BCUT2D eigenvalue weighted by Crippen LogP contribution is -2.47. The van der Waals surface area contributed by atoms with Crippen LogP contribution in [0.1, 0.15) is 44.2 Å². The Morgan fingerprint density at radius 2 is 2.00 bits per heavy atom. The van der Waals surface area contributed by atoms with E-state index in [1.807, 2.05) is 0 Å². The molecule has 0 bridgehead atoms. The minimum atomic E-state index is 0.288. The molecule has 1 aliphatic carbocycles. The summed E-state index contributed by atoms with van der Waals surface area (Å²) in [5.74, 6) is 7.58. The number of hydrogen-bond acceptors (Lipinski definition) is 3. The van der Waals surface area contributed by atoms with Crippen LogP contribution in [0.5, 0.6) is 0 Å². The molecule has 1 fully saturated rings. The molecule has 3 nitrogen and oxygen atoms in total. The van der Waals surface area contributed by atoms with E-state index in [9.17, 15) is 0 Å². The maximum Gasteiger partial charge on any atom is 0.0597 e. The molecule has 0 amide bonds. The Bertz CT molecular complexity index is 476. The van der Waals surface area contributed by atoms with Gasteiger partial charge in [0.15, 0.2) is 0 Å². The van der Waals surface area contributed by atoms with E-state index in [0.29, 0.717) is 29.9 Å². The number of fused-ring (bicyclic) bond motifs is 1. The Morgan fingerprint density at radius 1 is 1.25 bits per heavy atom. The maximum absolute atomic E-state index is 5.98. The van der Waals surface area contributed by atoms with E-state index in [2.05, 4.69) is 50.5 Å². The molecule has 0 aromatic heterocycles. The van der Waals surface area contributed by atoms with Crippen molar-refractivity contribution >= 4 is 0 Å². The van der Waals surface area contributed by atoms with Crippen molar-refractivity contribution in [2.45, 2.75) is 57.8 Å². The van der Waals surface area contributed by atoms with Crippen LogP contribution in [0, 0.1) is 11.8 Å². The molecule has 2 aliphatic rings. The van der Waals surface area contributed by atoms with Gasteiger partial charge < -0.3 is 4.74 Å². The van der Waals surface area contributed by atoms with E-state index in [1.165, 1.54) is 17.5 Å². The van der Waals surface area contributed by atoms with Crippen molar-refractivity contribution in [2.75, 3.05) is 0 Å². The lowest BCUT2D eigenvalue weighted by molar-refractivity contribution is 0.0467. The molecule has 3 rings (SSSR count). The minimum Gasteiger partial charge on any atom is -0.375 e. The largest absolute Gasteiger partial charge is 0.375 e. The second-order valence-electron chi connectivity index (χ2n) is 6.59. The third kappa shape index (κ3) is 2.28. The summed E-state index contributed by atoms with van der Waals surface area (Å²) in [6.07, 6.45) is 2.93. The molecule has 110 valence electrons. The van der Waals surface area contributed by atoms with Crippen molar-refractivity contribution in [1.29, 1.82) is 0 Å². The summed E-state index contributed by atoms with van der Waals surface area (Å²) < 4.78 is 5.98. The third-order valence-electron chi connectivity index (χ3n) is 5.50. The molecule has 0 radical (unpaired) electrons. The Balaban J connectivity index is 1.70. The highest BCUT2D eigenvalue weighted by atomic mass is 16.5. The molecule has 1 heterocycles. The molecule has 0 spiro atoms. The van der Waals surface area contributed by atoms with Crippen molar-refractivity contribution in [3.8, 4) is 0 Å². The van der Waals surface area contributed by atoms with E-state index in [-0.39, 0.29) is 6.10 Å². The van der Waals surface area contributed by atoms with Gasteiger partial charge in [0.2, 0.25) is 0 Å². The number of hydrogen-bond donors (Lipinski definition) is 2. The Hall–Kier alpha value is -0.900. The zero-order valence-corrected chi connectivity index (χ0v) is 12.7. The molecule has 20 heavy (non-hydrogen) atoms. The van der Waals surface area contributed by atoms with E-state index in [1.54, 1.807) is 0 Å². The van der Waals surface area contributed by atoms with Crippen LogP contribution >= 0.6 is 0 Å². The fourth-order valence-corrected chi connectivity index (χ4v) is 4.20. The SMILES string of the molecule is CC1OC(C)C(C(CC2Cc3ccccc32)NN)C1C. The normalized spacial score (nSPS) is 37.3. The van der Waals surface area contributed by atoms with Gasteiger partial charge in [-0.15, -0.1) is 0 Å². The van der Waals surface area contributed by atoms with Gasteiger partial charge in [0.1, 0.15) is 0 Å². The first-order valence-electron chi connectivity index (χ1n) is 7.81. The van der Waals surface area contributed by atoms with Gasteiger partial charge in [0.25, 0.3) is 0 Å². The van der Waals surface area contributed by atoms with Crippen LogP contribution < -0.4 is 11.3 Å². The van der Waals surface area contributed by atoms with Crippen LogP contribution in [0.2, 0.25) is 0 Å². The summed E-state index contributed by atoms with van der Waals surface area (Å²) in [6, 6.07) is 9.11. The topological polar surface area (TPSA) is 47.3 Å². The zero-order valence-electron chi connectivity index (χ0n) is 12.7. The van der Waals surface area contributed by atoms with Crippen LogP contribution in [0.4, 0.5) is 0 Å². The maximum atomic E-state index is 5.98. The van der Waals surface area contributed by atoms with Crippen molar-refractivity contribution in [3.63, 3.8) is 0 Å². The first-order chi connectivity index (χ1) is 9.61. The highest BCUT2D eigenvalue weighted by Gasteiger charge is 2.42. The monoisotopic (exact) mass is 274 g/mol. The highest BCUT2D eigenvalue weighted by molar-refractivity contribution is 5.40. The Labute approximate surface area is 121 Å². The zero-order chi connectivity index (χ0) is 14.3. The summed E-state index contributed by atoms with van der Waals surface area (Å²) in [5.41, 5.74) is 6.09. The van der Waals surface area contributed by atoms with Gasteiger partial charge in [-0.2, -0.15) is 0 Å². The molecule has 1 aliphatic heterocycles. The van der Waals surface area contributed by atoms with Crippen LogP contribution in [-0.4, -0.2) is 18.2 Å². The number of ether oxygens (including phenoxy) is 1. The second kappa shape index (κ2) is 5.47. The third-order valence-corrected chi connectivity index (χ3v) is 5.50. The number of nitrogens with one attached hydrogen (secondary N) is 1. The van der Waals surface area contributed by atoms with Crippen molar-refractivity contribution in [3.05, 3.63) is 35.4 Å². The molecule has 6 unspecified atom stereocenters. The fourth-order valence-electron chi connectivity index (χ4n) is 4.20. The molecule has 1 saturated heterocycles. The average molecular weight is 274 g/mol. The first-order valence-corrected chi connectivity index (χ1v) is 7.81. The van der Waals surface area contributed by atoms with Gasteiger partial charge in [-0.3, -0.25) is 11.3 Å². The molecule has 6 atom stereocenters. The number of nitrogens with two attached hydrogens (primary N) is 1. The summed E-state index contributed by atoms with van der Waals surface area (Å²) in [5, 5.41) is 0.